The molecule has 6 aliphatic rings. The highest BCUT2D eigenvalue weighted by Crippen LogP contribution is 2.65. The molecule has 2 fully saturated rings. The second kappa shape index (κ2) is 19.8. The molecule has 81 heavy (non-hydrogen) atoms. The fourth-order valence-corrected chi connectivity index (χ4v) is 13.9. The van der Waals surface area contributed by atoms with E-state index < -0.39 is 5.41 Å². The standard InChI is InChI=1S/C75H62N2O4/c1(5-23-57-47-78-57)3-17-49-19-15-21-51(41-49)53-33-39-69-73(43-53)80-71-31-13-11-29-67(71)76(69)55-36-38-65-62(45-55)60-26-8-10-28-64(60)75(65)63-27-9-7-25-59(63)61-37-35-56(46-66(61)75)77-68-30-12-14-32-72(68)81-74-44-54(34-40-70(74)77)52-22-16-20-50(42-52)18-4-2-6-24-58-48-79-58/h7-16,19-22,25-46,57-58H,1-6,17-18,23-24,47-48H2. The fraction of sp³-hybridized carbons (Fsp3) is 0.200. The number of ether oxygens (including phenoxy) is 4. The fourth-order valence-electron chi connectivity index (χ4n) is 13.9. The number of hydrogen-bond donors (Lipinski definition) is 0. The molecule has 0 aromatic heterocycles. The van der Waals surface area contributed by atoms with Gasteiger partial charge in [-0.1, -0.05) is 171 Å². The molecule has 0 amide bonds. The summed E-state index contributed by atoms with van der Waals surface area (Å²) < 4.78 is 24.6. The Kier molecular flexibility index (Phi) is 11.8. The second-order valence-corrected chi connectivity index (χ2v) is 23.0. The van der Waals surface area contributed by atoms with Gasteiger partial charge in [-0.25, -0.2) is 0 Å². The van der Waals surface area contributed by atoms with E-state index in [9.17, 15) is 0 Å². The first-order chi connectivity index (χ1) is 40.1. The number of epoxide rings is 2. The maximum Gasteiger partial charge on any atom is 0.152 e. The van der Waals surface area contributed by atoms with Crippen molar-refractivity contribution in [2.24, 2.45) is 0 Å². The van der Waals surface area contributed by atoms with Crippen molar-refractivity contribution >= 4 is 34.1 Å². The van der Waals surface area contributed by atoms with Gasteiger partial charge in [-0.05, 0) is 189 Å². The highest BCUT2D eigenvalue weighted by Gasteiger charge is 2.52. The van der Waals surface area contributed by atoms with Crippen molar-refractivity contribution in [2.45, 2.75) is 81.8 Å². The molecule has 6 nitrogen and oxygen atoms in total. The van der Waals surface area contributed by atoms with Crippen LogP contribution in [0.4, 0.5) is 34.1 Å². The summed E-state index contributed by atoms with van der Waals surface area (Å²) in [5.41, 5.74) is 23.3. The van der Waals surface area contributed by atoms with Crippen LogP contribution in [0.25, 0.3) is 44.5 Å². The zero-order valence-electron chi connectivity index (χ0n) is 45.5. The van der Waals surface area contributed by atoms with Gasteiger partial charge in [-0.15, -0.1) is 0 Å². The number of hydrogen-bond acceptors (Lipinski definition) is 6. The van der Waals surface area contributed by atoms with E-state index in [2.05, 4.69) is 228 Å². The number of benzene rings is 10. The van der Waals surface area contributed by atoms with E-state index in [0.717, 1.165) is 94.3 Å². The van der Waals surface area contributed by atoms with Crippen LogP contribution in [0, 0.1) is 0 Å². The zero-order chi connectivity index (χ0) is 53.4. The van der Waals surface area contributed by atoms with E-state index in [4.69, 9.17) is 18.9 Å². The van der Waals surface area contributed by atoms with Gasteiger partial charge in [0.25, 0.3) is 0 Å². The van der Waals surface area contributed by atoms with E-state index in [1.54, 1.807) is 0 Å². The molecule has 10 aromatic rings. The highest BCUT2D eigenvalue weighted by atomic mass is 16.6. The molecule has 0 N–H and O–H groups in total. The normalized spacial score (nSPS) is 17.9. The molecule has 396 valence electrons. The average molecular weight is 1060 g/mol. The molecule has 2 aliphatic carbocycles. The van der Waals surface area contributed by atoms with Gasteiger partial charge in [-0.2, -0.15) is 0 Å². The van der Waals surface area contributed by atoms with Gasteiger partial charge < -0.3 is 28.7 Å². The molecule has 6 heteroatoms. The minimum absolute atomic E-state index is 0.514. The molecule has 0 radical (unpaired) electrons. The topological polar surface area (TPSA) is 50.0 Å². The Balaban J connectivity index is 0.766. The monoisotopic (exact) mass is 1050 g/mol. The van der Waals surface area contributed by atoms with Crippen molar-refractivity contribution in [3.8, 4) is 67.5 Å². The van der Waals surface area contributed by atoms with Crippen LogP contribution in [-0.2, 0) is 27.7 Å². The smallest absolute Gasteiger partial charge is 0.152 e. The largest absolute Gasteiger partial charge is 0.453 e. The Morgan fingerprint density at radius 2 is 0.790 bits per heavy atom. The maximum absolute atomic E-state index is 6.86. The Morgan fingerprint density at radius 3 is 1.36 bits per heavy atom. The lowest BCUT2D eigenvalue weighted by atomic mass is 9.70. The summed E-state index contributed by atoms with van der Waals surface area (Å²) >= 11 is 0. The van der Waals surface area contributed by atoms with Crippen molar-refractivity contribution in [1.29, 1.82) is 0 Å². The lowest BCUT2D eigenvalue weighted by Gasteiger charge is -2.35. The molecule has 3 atom stereocenters. The Morgan fingerprint density at radius 1 is 0.333 bits per heavy atom. The van der Waals surface area contributed by atoms with Crippen LogP contribution in [-0.4, -0.2) is 25.4 Å². The summed E-state index contributed by atoms with van der Waals surface area (Å²) in [4.78, 5) is 4.81. The molecule has 3 unspecified atom stereocenters. The first-order valence-corrected chi connectivity index (χ1v) is 29.5. The third-order valence-electron chi connectivity index (χ3n) is 17.9. The van der Waals surface area contributed by atoms with E-state index in [1.165, 1.54) is 118 Å². The summed E-state index contributed by atoms with van der Waals surface area (Å²) in [6.07, 6.45) is 12.9. The van der Waals surface area contributed by atoms with Crippen molar-refractivity contribution in [2.75, 3.05) is 23.0 Å². The molecular formula is C75H62N2O4. The van der Waals surface area contributed by atoms with E-state index in [-0.39, 0.29) is 0 Å². The van der Waals surface area contributed by atoms with Crippen LogP contribution >= 0.6 is 0 Å². The van der Waals surface area contributed by atoms with Crippen molar-refractivity contribution < 1.29 is 18.9 Å². The first-order valence-electron chi connectivity index (χ1n) is 29.5. The maximum atomic E-state index is 6.86. The molecule has 4 heterocycles. The second-order valence-electron chi connectivity index (χ2n) is 23.0. The van der Waals surface area contributed by atoms with Gasteiger partial charge in [0.1, 0.15) is 0 Å². The summed E-state index contributed by atoms with van der Waals surface area (Å²) in [5.74, 6) is 3.36. The zero-order valence-corrected chi connectivity index (χ0v) is 45.5. The van der Waals surface area contributed by atoms with Crippen molar-refractivity contribution in [3.05, 3.63) is 252 Å². The minimum Gasteiger partial charge on any atom is -0.453 e. The third kappa shape index (κ3) is 8.46. The molecule has 0 bridgehead atoms. The summed E-state index contributed by atoms with van der Waals surface area (Å²) in [6.45, 7) is 1.90. The molecule has 4 aliphatic heterocycles. The number of anilines is 6. The van der Waals surface area contributed by atoms with Crippen LogP contribution < -0.4 is 19.3 Å². The number of nitrogens with zero attached hydrogens (tertiary/aromatic N) is 2. The predicted octanol–water partition coefficient (Wildman–Crippen LogP) is 19.5. The summed E-state index contributed by atoms with van der Waals surface area (Å²) in [6, 6.07) is 81.1. The third-order valence-corrected chi connectivity index (χ3v) is 17.9. The number of para-hydroxylation sites is 4. The number of aryl methyl sites for hydroxylation is 2. The SMILES string of the molecule is c1cc(CCCCCC2CO2)cc(-c2ccc3c(c2)Oc2ccccc2N3c2ccc3c(c2)-c2ccccc2C32c3ccccc3-c3ccc(N4c5ccccc5Oc5cc(-c6cccc(CCCCCC7CO7)c6)ccc54)cc32)c1. The van der Waals surface area contributed by atoms with Gasteiger partial charge in [0.2, 0.25) is 0 Å². The van der Waals surface area contributed by atoms with Gasteiger partial charge in [0, 0.05) is 11.4 Å². The summed E-state index contributed by atoms with van der Waals surface area (Å²) in [7, 11) is 0. The lowest BCUT2D eigenvalue weighted by Crippen LogP contribution is -2.26. The van der Waals surface area contributed by atoms with Crippen LogP contribution in [0.1, 0.15) is 84.7 Å². The van der Waals surface area contributed by atoms with Gasteiger partial charge in [-0.3, -0.25) is 0 Å². The quantitative estimate of drug-likeness (QED) is 0.0710. The molecule has 2 saturated heterocycles. The number of unbranched alkanes of at least 4 members (excludes halogenated alkanes) is 4. The Labute approximate surface area is 474 Å². The summed E-state index contributed by atoms with van der Waals surface area (Å²) in [5, 5.41) is 0. The Bertz CT molecular complexity index is 4100. The van der Waals surface area contributed by atoms with Crippen LogP contribution in [0.15, 0.2) is 218 Å². The predicted molar refractivity (Wildman–Crippen MR) is 327 cm³/mol. The van der Waals surface area contributed by atoms with Gasteiger partial charge >= 0.3 is 0 Å². The number of rotatable bonds is 16. The lowest BCUT2D eigenvalue weighted by molar-refractivity contribution is 0.388. The van der Waals surface area contributed by atoms with Gasteiger partial charge in [0.05, 0.1) is 53.6 Å². The van der Waals surface area contributed by atoms with Crippen LogP contribution in [0.5, 0.6) is 23.0 Å². The van der Waals surface area contributed by atoms with Crippen LogP contribution in [0.2, 0.25) is 0 Å². The molecule has 10 aromatic carbocycles. The minimum atomic E-state index is -0.572. The average Bonchev–Trinajstić information content (AvgIpc) is 4.66. The van der Waals surface area contributed by atoms with Gasteiger partial charge in [0.15, 0.2) is 23.0 Å². The molecule has 0 saturated carbocycles. The van der Waals surface area contributed by atoms with Crippen LogP contribution in [0.3, 0.4) is 0 Å². The first kappa shape index (κ1) is 48.2. The Hall–Kier alpha value is -8.68. The van der Waals surface area contributed by atoms with Crippen molar-refractivity contribution in [1.82, 2.24) is 0 Å². The highest BCUT2D eigenvalue weighted by molar-refractivity contribution is 5.99. The molecule has 1 spiro atoms. The van der Waals surface area contributed by atoms with E-state index >= 15 is 0 Å². The van der Waals surface area contributed by atoms with E-state index in [1.807, 2.05) is 0 Å². The molecule has 16 rings (SSSR count). The van der Waals surface area contributed by atoms with Crippen molar-refractivity contribution in [3.63, 3.8) is 0 Å². The number of fused-ring (bicyclic) bond motifs is 14. The van der Waals surface area contributed by atoms with E-state index in [0.29, 0.717) is 12.2 Å². The molecular weight excluding hydrogens is 993 g/mol.